The predicted octanol–water partition coefficient (Wildman–Crippen LogP) is 1.76. The van der Waals surface area contributed by atoms with Gasteiger partial charge in [0, 0.05) is 12.1 Å². The van der Waals surface area contributed by atoms with E-state index >= 15 is 0 Å². The number of nitro groups is 1. The van der Waals surface area contributed by atoms with Gasteiger partial charge in [-0.2, -0.15) is 5.26 Å². The number of fused-ring (bicyclic) bond motifs is 1. The Balaban J connectivity index is 1.79. The molecular weight excluding hydrogens is 348 g/mol. The number of imide groups is 1. The maximum Gasteiger partial charge on any atom is 0.270 e. The smallest absolute Gasteiger partial charge is 0.270 e. The van der Waals surface area contributed by atoms with Gasteiger partial charge >= 0.3 is 0 Å². The number of anilines is 1. The summed E-state index contributed by atoms with van der Waals surface area (Å²) in [6, 6.07) is 6.77. The molecule has 3 rings (SSSR count). The lowest BCUT2D eigenvalue weighted by Gasteiger charge is -2.13. The lowest BCUT2D eigenvalue weighted by Crippen LogP contribution is -2.37. The van der Waals surface area contributed by atoms with Crippen molar-refractivity contribution in [2.24, 2.45) is 0 Å². The number of amides is 3. The van der Waals surface area contributed by atoms with E-state index in [-0.39, 0.29) is 22.4 Å². The molecule has 0 radical (unpaired) electrons. The topological polar surface area (TPSA) is 133 Å². The number of nitro benzene ring substituents is 1. The second kappa shape index (κ2) is 6.14. The Morgan fingerprint density at radius 2 is 2.00 bits per heavy atom. The van der Waals surface area contributed by atoms with Crippen molar-refractivity contribution in [1.29, 1.82) is 5.26 Å². The third-order valence-electron chi connectivity index (χ3n) is 3.51. The second-order valence-electron chi connectivity index (χ2n) is 5.01. The molecule has 0 spiro atoms. The monoisotopic (exact) mass is 356 g/mol. The van der Waals surface area contributed by atoms with Crippen LogP contribution in [-0.2, 0) is 4.79 Å². The van der Waals surface area contributed by atoms with E-state index in [1.807, 2.05) is 6.07 Å². The summed E-state index contributed by atoms with van der Waals surface area (Å²) in [5.74, 6) is -2.12. The average Bonchev–Trinajstić information content (AvgIpc) is 3.12. The van der Waals surface area contributed by atoms with E-state index < -0.39 is 29.2 Å². The van der Waals surface area contributed by atoms with Crippen LogP contribution in [-0.4, -0.2) is 34.1 Å². The summed E-state index contributed by atoms with van der Waals surface area (Å²) in [5.41, 5.74) is -0.141. The van der Waals surface area contributed by atoms with Gasteiger partial charge < -0.3 is 5.32 Å². The molecule has 0 unspecified atom stereocenters. The van der Waals surface area contributed by atoms with E-state index in [4.69, 9.17) is 5.26 Å². The first-order valence-electron chi connectivity index (χ1n) is 6.84. The van der Waals surface area contributed by atoms with Crippen LogP contribution in [0.25, 0.3) is 0 Å². The molecule has 0 atom stereocenters. The fourth-order valence-corrected chi connectivity index (χ4v) is 3.09. The fraction of sp³-hybridized carbons (Fsp3) is 0.0667. The molecular formula is C15H8N4O5S. The summed E-state index contributed by atoms with van der Waals surface area (Å²) in [6.07, 6.45) is 0. The first kappa shape index (κ1) is 16.3. The third kappa shape index (κ3) is 2.84. The Morgan fingerprint density at radius 1 is 1.28 bits per heavy atom. The molecule has 3 amide bonds. The molecule has 10 heteroatoms. The van der Waals surface area contributed by atoms with E-state index in [2.05, 4.69) is 5.32 Å². The van der Waals surface area contributed by atoms with Crippen LogP contribution in [0.5, 0.6) is 0 Å². The minimum absolute atomic E-state index is 0.0113. The van der Waals surface area contributed by atoms with Crippen molar-refractivity contribution in [3.63, 3.8) is 0 Å². The SMILES string of the molecule is N#Cc1ccsc1NC(=O)CN1C(=O)c2ccc([N+](=O)[O-])cc2C1=O. The molecule has 0 aliphatic carbocycles. The zero-order chi connectivity index (χ0) is 18.1. The van der Waals surface area contributed by atoms with Gasteiger partial charge in [0.2, 0.25) is 5.91 Å². The third-order valence-corrected chi connectivity index (χ3v) is 4.34. The van der Waals surface area contributed by atoms with Crippen LogP contribution in [0.4, 0.5) is 10.7 Å². The first-order chi connectivity index (χ1) is 11.9. The van der Waals surface area contributed by atoms with Crippen molar-refractivity contribution >= 4 is 39.7 Å². The summed E-state index contributed by atoms with van der Waals surface area (Å²) in [6.45, 7) is -0.553. The quantitative estimate of drug-likeness (QED) is 0.504. The van der Waals surface area contributed by atoms with Gasteiger partial charge in [0.1, 0.15) is 17.6 Å². The van der Waals surface area contributed by atoms with Crippen LogP contribution >= 0.6 is 11.3 Å². The Bertz CT molecular complexity index is 975. The molecule has 1 aliphatic rings. The van der Waals surface area contributed by atoms with E-state index in [0.717, 1.165) is 23.5 Å². The summed E-state index contributed by atoms with van der Waals surface area (Å²) in [4.78, 5) is 47.5. The molecule has 1 aliphatic heterocycles. The van der Waals surface area contributed by atoms with E-state index in [9.17, 15) is 24.5 Å². The number of nitrogens with one attached hydrogen (secondary N) is 1. The molecule has 2 aromatic rings. The maximum atomic E-state index is 12.3. The lowest BCUT2D eigenvalue weighted by molar-refractivity contribution is -0.384. The molecule has 0 saturated heterocycles. The minimum Gasteiger partial charge on any atom is -0.315 e. The van der Waals surface area contributed by atoms with E-state index in [0.29, 0.717) is 9.90 Å². The van der Waals surface area contributed by atoms with Gasteiger partial charge in [0.25, 0.3) is 17.5 Å². The molecule has 2 heterocycles. The van der Waals surface area contributed by atoms with Crippen molar-refractivity contribution in [1.82, 2.24) is 4.90 Å². The Labute approximate surface area is 144 Å². The molecule has 9 nitrogen and oxygen atoms in total. The maximum absolute atomic E-state index is 12.3. The molecule has 0 fully saturated rings. The van der Waals surface area contributed by atoms with E-state index in [1.165, 1.54) is 12.1 Å². The Hall–Kier alpha value is -3.58. The van der Waals surface area contributed by atoms with Gasteiger partial charge in [-0.25, -0.2) is 0 Å². The van der Waals surface area contributed by atoms with Crippen molar-refractivity contribution in [3.05, 3.63) is 56.5 Å². The van der Waals surface area contributed by atoms with Crippen LogP contribution in [0.3, 0.4) is 0 Å². The number of hydrogen-bond donors (Lipinski definition) is 1. The van der Waals surface area contributed by atoms with Gasteiger partial charge in [-0.1, -0.05) is 0 Å². The highest BCUT2D eigenvalue weighted by Gasteiger charge is 2.37. The molecule has 1 N–H and O–H groups in total. The highest BCUT2D eigenvalue weighted by Crippen LogP contribution is 2.27. The van der Waals surface area contributed by atoms with Crippen LogP contribution in [0, 0.1) is 21.4 Å². The largest absolute Gasteiger partial charge is 0.315 e. The highest BCUT2D eigenvalue weighted by atomic mass is 32.1. The van der Waals surface area contributed by atoms with Gasteiger partial charge in [-0.3, -0.25) is 29.4 Å². The standard InChI is InChI=1S/C15H8N4O5S/c16-6-8-3-4-25-13(8)17-12(20)7-18-14(21)10-2-1-9(19(23)24)5-11(10)15(18)22/h1-5H,7H2,(H,17,20). The van der Waals surface area contributed by atoms with Crippen LogP contribution in [0.2, 0.25) is 0 Å². The summed E-state index contributed by atoms with van der Waals surface area (Å²) in [7, 11) is 0. The minimum atomic E-state index is -0.773. The predicted molar refractivity (Wildman–Crippen MR) is 86.1 cm³/mol. The Morgan fingerprint density at radius 3 is 2.68 bits per heavy atom. The number of rotatable bonds is 4. The summed E-state index contributed by atoms with van der Waals surface area (Å²) in [5, 5.41) is 24.1. The molecule has 124 valence electrons. The number of nitriles is 1. The molecule has 0 saturated carbocycles. The number of nitrogens with zero attached hydrogens (tertiary/aromatic N) is 3. The summed E-state index contributed by atoms with van der Waals surface area (Å²) >= 11 is 1.14. The fourth-order valence-electron chi connectivity index (χ4n) is 2.34. The van der Waals surface area contributed by atoms with Gasteiger partial charge in [0.15, 0.2) is 0 Å². The Kier molecular flexibility index (Phi) is 4.00. The van der Waals surface area contributed by atoms with Crippen LogP contribution in [0.15, 0.2) is 29.6 Å². The van der Waals surface area contributed by atoms with Crippen molar-refractivity contribution in [3.8, 4) is 6.07 Å². The van der Waals surface area contributed by atoms with Crippen LogP contribution in [0.1, 0.15) is 26.3 Å². The number of non-ortho nitro benzene ring substituents is 1. The number of carbonyl (C=O) groups is 3. The van der Waals surface area contributed by atoms with Crippen molar-refractivity contribution in [2.45, 2.75) is 0 Å². The van der Waals surface area contributed by atoms with Crippen molar-refractivity contribution < 1.29 is 19.3 Å². The van der Waals surface area contributed by atoms with Gasteiger partial charge in [-0.05, 0) is 17.5 Å². The number of carbonyl (C=O) groups excluding carboxylic acids is 3. The zero-order valence-electron chi connectivity index (χ0n) is 12.4. The number of thiophene rings is 1. The molecule has 1 aromatic carbocycles. The van der Waals surface area contributed by atoms with Gasteiger partial charge in [0.05, 0.1) is 21.6 Å². The lowest BCUT2D eigenvalue weighted by atomic mass is 10.1. The average molecular weight is 356 g/mol. The van der Waals surface area contributed by atoms with Gasteiger partial charge in [-0.15, -0.1) is 11.3 Å². The second-order valence-corrected chi connectivity index (χ2v) is 5.92. The molecule has 25 heavy (non-hydrogen) atoms. The highest BCUT2D eigenvalue weighted by molar-refractivity contribution is 7.14. The van der Waals surface area contributed by atoms with Crippen LogP contribution < -0.4 is 5.32 Å². The number of hydrogen-bond acceptors (Lipinski definition) is 7. The molecule has 0 bridgehead atoms. The number of benzene rings is 1. The first-order valence-corrected chi connectivity index (χ1v) is 7.72. The normalized spacial score (nSPS) is 12.7. The van der Waals surface area contributed by atoms with E-state index in [1.54, 1.807) is 5.38 Å². The molecule has 1 aromatic heterocycles. The van der Waals surface area contributed by atoms with Crippen molar-refractivity contribution in [2.75, 3.05) is 11.9 Å². The summed E-state index contributed by atoms with van der Waals surface area (Å²) < 4.78 is 0. The zero-order valence-corrected chi connectivity index (χ0v) is 13.2.